The van der Waals surface area contributed by atoms with Gasteiger partial charge in [-0.1, -0.05) is 19.8 Å². The van der Waals surface area contributed by atoms with E-state index in [1.54, 1.807) is 0 Å². The zero-order chi connectivity index (χ0) is 10.6. The molecule has 3 nitrogen and oxygen atoms in total. The molecule has 1 fully saturated rings. The lowest BCUT2D eigenvalue weighted by Gasteiger charge is -2.37. The second-order valence-corrected chi connectivity index (χ2v) is 4.38. The Morgan fingerprint density at radius 3 is 2.29 bits per heavy atom. The maximum Gasteiger partial charge on any atom is 0.0851 e. The Hall–Kier alpha value is -0.120. The van der Waals surface area contributed by atoms with Gasteiger partial charge in [0.1, 0.15) is 0 Å². The normalized spacial score (nSPS) is 24.0. The fraction of sp³-hybridized carbons (Fsp3) is 1.00. The molecule has 1 aliphatic rings. The molecule has 14 heavy (non-hydrogen) atoms. The zero-order valence-corrected chi connectivity index (χ0v) is 8.89. The molecule has 1 rings (SSSR count). The summed E-state index contributed by atoms with van der Waals surface area (Å²) in [6.45, 7) is 1.97. The van der Waals surface area contributed by atoms with E-state index in [0.717, 1.165) is 19.3 Å². The Balaban J connectivity index is 2.41. The minimum atomic E-state index is -0.745. The lowest BCUT2D eigenvalue weighted by Crippen LogP contribution is -2.41. The van der Waals surface area contributed by atoms with Crippen LogP contribution in [0.2, 0.25) is 0 Å². The van der Waals surface area contributed by atoms with Crippen molar-refractivity contribution >= 4 is 0 Å². The molecular formula is C11H22O3. The van der Waals surface area contributed by atoms with Gasteiger partial charge in [0.2, 0.25) is 0 Å². The Labute approximate surface area is 85.8 Å². The van der Waals surface area contributed by atoms with Gasteiger partial charge in [0, 0.05) is 12.5 Å². The van der Waals surface area contributed by atoms with Crippen LogP contribution in [0, 0.1) is 11.8 Å². The first-order valence-electron chi connectivity index (χ1n) is 5.67. The predicted octanol–water partition coefficient (Wildman–Crippen LogP) is 0.917. The van der Waals surface area contributed by atoms with Crippen molar-refractivity contribution in [2.45, 2.75) is 51.2 Å². The molecule has 1 aliphatic carbocycles. The van der Waals surface area contributed by atoms with Crippen LogP contribution in [0.25, 0.3) is 0 Å². The highest BCUT2D eigenvalue weighted by Gasteiger charge is 2.34. The first-order chi connectivity index (χ1) is 6.70. The average molecular weight is 202 g/mol. The standard InChI is InChI=1S/C11H22O3/c1-2-4-10(13)11(14)9(7-12)8-5-3-6-8/h8-14H,2-7H2,1H3. The van der Waals surface area contributed by atoms with Crippen LogP contribution in [0.3, 0.4) is 0 Å². The summed E-state index contributed by atoms with van der Waals surface area (Å²) in [6.07, 6.45) is 3.42. The maximum atomic E-state index is 9.83. The monoisotopic (exact) mass is 202 g/mol. The molecule has 0 amide bonds. The predicted molar refractivity (Wildman–Crippen MR) is 54.8 cm³/mol. The van der Waals surface area contributed by atoms with E-state index in [1.807, 2.05) is 6.92 Å². The van der Waals surface area contributed by atoms with Gasteiger partial charge in [-0.15, -0.1) is 0 Å². The number of hydrogen-bond donors (Lipinski definition) is 3. The first-order valence-corrected chi connectivity index (χ1v) is 5.67. The molecular weight excluding hydrogens is 180 g/mol. The van der Waals surface area contributed by atoms with Gasteiger partial charge in [-0.05, 0) is 25.2 Å². The molecule has 3 unspecified atom stereocenters. The summed E-state index contributed by atoms with van der Waals surface area (Å²) in [7, 11) is 0. The van der Waals surface area contributed by atoms with Crippen molar-refractivity contribution in [1.29, 1.82) is 0 Å². The van der Waals surface area contributed by atoms with Gasteiger partial charge < -0.3 is 15.3 Å². The quantitative estimate of drug-likeness (QED) is 0.600. The lowest BCUT2D eigenvalue weighted by molar-refractivity contribution is -0.0657. The molecule has 3 atom stereocenters. The largest absolute Gasteiger partial charge is 0.396 e. The molecule has 0 saturated heterocycles. The topological polar surface area (TPSA) is 60.7 Å². The Kier molecular flexibility index (Phi) is 4.85. The zero-order valence-electron chi connectivity index (χ0n) is 8.89. The molecule has 0 aromatic carbocycles. The minimum absolute atomic E-state index is 0.00733. The smallest absolute Gasteiger partial charge is 0.0851 e. The third-order valence-electron chi connectivity index (χ3n) is 3.38. The van der Waals surface area contributed by atoms with E-state index in [4.69, 9.17) is 0 Å². The van der Waals surface area contributed by atoms with Crippen molar-refractivity contribution in [2.75, 3.05) is 6.61 Å². The maximum absolute atomic E-state index is 9.83. The van der Waals surface area contributed by atoms with Crippen LogP contribution in [-0.4, -0.2) is 34.1 Å². The summed E-state index contributed by atoms with van der Waals surface area (Å²) in [5.74, 6) is 0.298. The van der Waals surface area contributed by atoms with Crippen LogP contribution < -0.4 is 0 Å². The molecule has 3 heteroatoms. The number of aliphatic hydroxyl groups excluding tert-OH is 3. The third kappa shape index (κ3) is 2.69. The summed E-state index contributed by atoms with van der Waals surface area (Å²) >= 11 is 0. The molecule has 0 bridgehead atoms. The van der Waals surface area contributed by atoms with Gasteiger partial charge in [-0.3, -0.25) is 0 Å². The summed E-state index contributed by atoms with van der Waals surface area (Å²) in [6, 6.07) is 0. The van der Waals surface area contributed by atoms with Crippen molar-refractivity contribution in [1.82, 2.24) is 0 Å². The highest BCUT2D eigenvalue weighted by molar-refractivity contribution is 4.85. The summed E-state index contributed by atoms with van der Waals surface area (Å²) in [5, 5.41) is 28.6. The van der Waals surface area contributed by atoms with E-state index in [0.29, 0.717) is 12.3 Å². The second kappa shape index (κ2) is 5.69. The van der Waals surface area contributed by atoms with E-state index in [-0.39, 0.29) is 12.5 Å². The molecule has 0 heterocycles. The van der Waals surface area contributed by atoms with E-state index < -0.39 is 12.2 Å². The molecule has 0 aromatic heterocycles. The molecule has 0 spiro atoms. The van der Waals surface area contributed by atoms with Gasteiger partial charge >= 0.3 is 0 Å². The molecule has 0 aromatic rings. The summed E-state index contributed by atoms with van der Waals surface area (Å²) in [5.41, 5.74) is 0. The Bertz CT molecular complexity index is 157. The minimum Gasteiger partial charge on any atom is -0.396 e. The molecule has 1 saturated carbocycles. The van der Waals surface area contributed by atoms with Crippen LogP contribution in [0.1, 0.15) is 39.0 Å². The second-order valence-electron chi connectivity index (χ2n) is 4.38. The molecule has 0 aliphatic heterocycles. The van der Waals surface area contributed by atoms with Crippen molar-refractivity contribution in [3.8, 4) is 0 Å². The molecule has 3 N–H and O–H groups in total. The number of hydrogen-bond acceptors (Lipinski definition) is 3. The van der Waals surface area contributed by atoms with Gasteiger partial charge in [0.05, 0.1) is 12.2 Å². The number of rotatable bonds is 6. The van der Waals surface area contributed by atoms with Crippen LogP contribution in [0.4, 0.5) is 0 Å². The van der Waals surface area contributed by atoms with Gasteiger partial charge in [-0.2, -0.15) is 0 Å². The highest BCUT2D eigenvalue weighted by atomic mass is 16.3. The first kappa shape index (κ1) is 12.0. The van der Waals surface area contributed by atoms with Crippen LogP contribution in [-0.2, 0) is 0 Å². The number of aliphatic hydroxyl groups is 3. The van der Waals surface area contributed by atoms with E-state index in [2.05, 4.69) is 0 Å². The Morgan fingerprint density at radius 2 is 1.93 bits per heavy atom. The van der Waals surface area contributed by atoms with Crippen LogP contribution >= 0.6 is 0 Å². The SMILES string of the molecule is CCCC(O)C(O)C(CO)C1CCC1. The summed E-state index contributed by atoms with van der Waals surface area (Å²) in [4.78, 5) is 0. The van der Waals surface area contributed by atoms with Crippen molar-refractivity contribution in [3.63, 3.8) is 0 Å². The van der Waals surface area contributed by atoms with Crippen LogP contribution in [0.5, 0.6) is 0 Å². The van der Waals surface area contributed by atoms with E-state index >= 15 is 0 Å². The van der Waals surface area contributed by atoms with Gasteiger partial charge in [0.15, 0.2) is 0 Å². The van der Waals surface area contributed by atoms with Crippen molar-refractivity contribution in [3.05, 3.63) is 0 Å². The van der Waals surface area contributed by atoms with E-state index in [9.17, 15) is 15.3 Å². The fourth-order valence-electron chi connectivity index (χ4n) is 2.16. The molecule has 0 radical (unpaired) electrons. The highest BCUT2D eigenvalue weighted by Crippen LogP contribution is 2.36. The van der Waals surface area contributed by atoms with Crippen LogP contribution in [0.15, 0.2) is 0 Å². The summed E-state index contributed by atoms with van der Waals surface area (Å²) < 4.78 is 0. The lowest BCUT2D eigenvalue weighted by atomic mass is 9.72. The van der Waals surface area contributed by atoms with E-state index in [1.165, 1.54) is 6.42 Å². The van der Waals surface area contributed by atoms with Gasteiger partial charge in [-0.25, -0.2) is 0 Å². The molecule has 84 valence electrons. The Morgan fingerprint density at radius 1 is 1.29 bits per heavy atom. The third-order valence-corrected chi connectivity index (χ3v) is 3.38. The fourth-order valence-corrected chi connectivity index (χ4v) is 2.16. The van der Waals surface area contributed by atoms with Crippen molar-refractivity contribution in [2.24, 2.45) is 11.8 Å². The van der Waals surface area contributed by atoms with Crippen molar-refractivity contribution < 1.29 is 15.3 Å². The van der Waals surface area contributed by atoms with Gasteiger partial charge in [0.25, 0.3) is 0 Å². The average Bonchev–Trinajstić information content (AvgIpc) is 2.10.